The number of aromatic nitrogens is 1. The molecule has 1 N–H and O–H groups in total. The lowest BCUT2D eigenvalue weighted by atomic mass is 10.0. The van der Waals surface area contributed by atoms with Crippen LogP contribution in [0.3, 0.4) is 0 Å². The van der Waals surface area contributed by atoms with Crippen molar-refractivity contribution in [3.63, 3.8) is 0 Å². The summed E-state index contributed by atoms with van der Waals surface area (Å²) in [5.74, 6) is 1.85. The summed E-state index contributed by atoms with van der Waals surface area (Å²) in [5.41, 5.74) is 3.58. The van der Waals surface area contributed by atoms with Crippen molar-refractivity contribution >= 4 is 0 Å². The second-order valence-electron chi connectivity index (χ2n) is 6.67. The topological polar surface area (TPSA) is 47.3 Å². The fourth-order valence-corrected chi connectivity index (χ4v) is 3.44. The molecule has 1 aliphatic rings. The van der Waals surface area contributed by atoms with Gasteiger partial charge in [0.1, 0.15) is 11.5 Å². The van der Waals surface area contributed by atoms with Gasteiger partial charge in [0.2, 0.25) is 0 Å². The predicted molar refractivity (Wildman–Crippen MR) is 102 cm³/mol. The molecule has 0 unspecified atom stereocenters. The van der Waals surface area contributed by atoms with E-state index in [2.05, 4.69) is 47.6 Å². The van der Waals surface area contributed by atoms with E-state index in [1.165, 1.54) is 5.56 Å². The molecule has 0 saturated carbocycles. The summed E-state index contributed by atoms with van der Waals surface area (Å²) in [6.07, 6.45) is 5.77. The van der Waals surface area contributed by atoms with Crippen molar-refractivity contribution in [3.8, 4) is 11.3 Å². The zero-order chi connectivity index (χ0) is 17.8. The van der Waals surface area contributed by atoms with Crippen LogP contribution >= 0.6 is 0 Å². The third-order valence-corrected chi connectivity index (χ3v) is 4.95. The van der Waals surface area contributed by atoms with Gasteiger partial charge >= 0.3 is 0 Å². The van der Waals surface area contributed by atoms with Crippen LogP contribution < -0.4 is 5.32 Å². The van der Waals surface area contributed by atoms with Gasteiger partial charge < -0.3 is 14.5 Å². The Bertz CT molecular complexity index is 827. The number of rotatable bonds is 6. The number of hydrogen-bond acceptors (Lipinski definition) is 4. The second-order valence-corrected chi connectivity index (χ2v) is 6.67. The van der Waals surface area contributed by atoms with Gasteiger partial charge in [-0.1, -0.05) is 37.3 Å². The molecule has 134 valence electrons. The molecular formula is C22H24N2O2. The molecule has 26 heavy (non-hydrogen) atoms. The van der Waals surface area contributed by atoms with E-state index >= 15 is 0 Å². The maximum absolute atomic E-state index is 6.03. The van der Waals surface area contributed by atoms with Crippen LogP contribution in [0.2, 0.25) is 0 Å². The summed E-state index contributed by atoms with van der Waals surface area (Å²) in [7, 11) is 0. The molecule has 3 heterocycles. The first-order valence-corrected chi connectivity index (χ1v) is 9.26. The summed E-state index contributed by atoms with van der Waals surface area (Å²) in [4.78, 5) is 4.20. The number of pyridine rings is 1. The quantitative estimate of drug-likeness (QED) is 0.711. The SMILES string of the molecule is CCc1ccc(-c2ccc(CN[C@H]3CCO[C@@H]3c3cccnc3)o2)cc1. The molecule has 2 atom stereocenters. The molecule has 2 aromatic heterocycles. The molecule has 1 saturated heterocycles. The van der Waals surface area contributed by atoms with Crippen molar-refractivity contribution in [1.82, 2.24) is 10.3 Å². The molecule has 1 aromatic carbocycles. The van der Waals surface area contributed by atoms with Crippen LogP contribution in [0.4, 0.5) is 0 Å². The highest BCUT2D eigenvalue weighted by molar-refractivity contribution is 5.57. The van der Waals surface area contributed by atoms with Gasteiger partial charge in [-0.05, 0) is 36.6 Å². The minimum Gasteiger partial charge on any atom is -0.460 e. The molecule has 1 fully saturated rings. The van der Waals surface area contributed by atoms with E-state index < -0.39 is 0 Å². The molecular weight excluding hydrogens is 324 g/mol. The van der Waals surface area contributed by atoms with Crippen LogP contribution in [0, 0.1) is 0 Å². The third-order valence-electron chi connectivity index (χ3n) is 4.95. The van der Waals surface area contributed by atoms with Gasteiger partial charge in [-0.2, -0.15) is 0 Å². The van der Waals surface area contributed by atoms with Crippen LogP contribution in [0.5, 0.6) is 0 Å². The Morgan fingerprint density at radius 2 is 2.00 bits per heavy atom. The molecule has 0 bridgehead atoms. The van der Waals surface area contributed by atoms with Crippen LogP contribution in [-0.4, -0.2) is 17.6 Å². The van der Waals surface area contributed by atoms with Crippen molar-refractivity contribution in [2.75, 3.05) is 6.61 Å². The van der Waals surface area contributed by atoms with Gasteiger partial charge in [0.05, 0.1) is 12.6 Å². The first kappa shape index (κ1) is 17.0. The smallest absolute Gasteiger partial charge is 0.134 e. The first-order chi connectivity index (χ1) is 12.8. The zero-order valence-electron chi connectivity index (χ0n) is 15.0. The van der Waals surface area contributed by atoms with Crippen LogP contribution in [0.1, 0.15) is 36.3 Å². The number of benzene rings is 1. The lowest BCUT2D eigenvalue weighted by Crippen LogP contribution is -2.31. The van der Waals surface area contributed by atoms with Crippen molar-refractivity contribution in [1.29, 1.82) is 0 Å². The normalized spacial score (nSPS) is 19.7. The van der Waals surface area contributed by atoms with Crippen molar-refractivity contribution in [3.05, 3.63) is 77.8 Å². The number of nitrogens with zero attached hydrogens (tertiary/aromatic N) is 1. The molecule has 4 rings (SSSR count). The lowest BCUT2D eigenvalue weighted by Gasteiger charge is -2.19. The molecule has 0 radical (unpaired) electrons. The van der Waals surface area contributed by atoms with E-state index in [1.807, 2.05) is 24.4 Å². The summed E-state index contributed by atoms with van der Waals surface area (Å²) in [6, 6.07) is 17.0. The van der Waals surface area contributed by atoms with Crippen LogP contribution in [0.15, 0.2) is 65.3 Å². The Morgan fingerprint density at radius 1 is 1.12 bits per heavy atom. The number of ether oxygens (including phenoxy) is 1. The Kier molecular flexibility index (Phi) is 5.14. The summed E-state index contributed by atoms with van der Waals surface area (Å²) in [5, 5.41) is 3.58. The van der Waals surface area contributed by atoms with E-state index in [0.29, 0.717) is 6.54 Å². The Balaban J connectivity index is 1.39. The van der Waals surface area contributed by atoms with Crippen molar-refractivity contribution in [2.24, 2.45) is 0 Å². The fourth-order valence-electron chi connectivity index (χ4n) is 3.44. The summed E-state index contributed by atoms with van der Waals surface area (Å²) in [6.45, 7) is 3.62. The average molecular weight is 348 g/mol. The standard InChI is InChI=1S/C22H24N2O2/c1-2-16-5-7-17(8-6-16)21-10-9-19(26-21)15-24-20-11-13-25-22(20)18-4-3-12-23-14-18/h3-10,12,14,20,22,24H,2,11,13,15H2,1H3/t20-,22+/m0/s1. The highest BCUT2D eigenvalue weighted by Crippen LogP contribution is 2.29. The highest BCUT2D eigenvalue weighted by Gasteiger charge is 2.29. The van der Waals surface area contributed by atoms with Gasteiger partial charge in [-0.25, -0.2) is 0 Å². The predicted octanol–water partition coefficient (Wildman–Crippen LogP) is 4.52. The maximum atomic E-state index is 6.03. The van der Waals surface area contributed by atoms with Gasteiger partial charge in [-0.15, -0.1) is 0 Å². The van der Waals surface area contributed by atoms with Gasteiger partial charge in [0.25, 0.3) is 0 Å². The molecule has 0 spiro atoms. The number of hydrogen-bond donors (Lipinski definition) is 1. The second kappa shape index (κ2) is 7.85. The Hall–Kier alpha value is -2.43. The molecule has 4 heteroatoms. The fraction of sp³-hybridized carbons (Fsp3) is 0.318. The van der Waals surface area contributed by atoms with E-state index in [0.717, 1.165) is 42.1 Å². The minimum absolute atomic E-state index is 0.0553. The third kappa shape index (κ3) is 3.71. The molecule has 1 aliphatic heterocycles. The van der Waals surface area contributed by atoms with E-state index in [1.54, 1.807) is 6.20 Å². The van der Waals surface area contributed by atoms with Crippen molar-refractivity contribution in [2.45, 2.75) is 38.5 Å². The van der Waals surface area contributed by atoms with Crippen LogP contribution in [-0.2, 0) is 17.7 Å². The summed E-state index contributed by atoms with van der Waals surface area (Å²) < 4.78 is 11.9. The average Bonchev–Trinajstić information content (AvgIpc) is 3.36. The largest absolute Gasteiger partial charge is 0.460 e. The molecule has 0 amide bonds. The first-order valence-electron chi connectivity index (χ1n) is 9.26. The Labute approximate surface area is 154 Å². The molecule has 0 aliphatic carbocycles. The monoisotopic (exact) mass is 348 g/mol. The molecule has 3 aromatic rings. The van der Waals surface area contributed by atoms with Gasteiger partial charge in [0, 0.05) is 36.2 Å². The van der Waals surface area contributed by atoms with E-state index in [-0.39, 0.29) is 12.1 Å². The summed E-state index contributed by atoms with van der Waals surface area (Å²) >= 11 is 0. The number of furan rings is 1. The maximum Gasteiger partial charge on any atom is 0.134 e. The van der Waals surface area contributed by atoms with Crippen molar-refractivity contribution < 1.29 is 9.15 Å². The number of nitrogens with one attached hydrogen (secondary N) is 1. The highest BCUT2D eigenvalue weighted by atomic mass is 16.5. The van der Waals surface area contributed by atoms with Gasteiger partial charge in [-0.3, -0.25) is 4.98 Å². The number of aryl methyl sites for hydroxylation is 1. The zero-order valence-corrected chi connectivity index (χ0v) is 15.0. The lowest BCUT2D eigenvalue weighted by molar-refractivity contribution is 0.0978. The van der Waals surface area contributed by atoms with Crippen LogP contribution in [0.25, 0.3) is 11.3 Å². The van der Waals surface area contributed by atoms with E-state index in [4.69, 9.17) is 9.15 Å². The van der Waals surface area contributed by atoms with E-state index in [9.17, 15) is 0 Å². The van der Waals surface area contributed by atoms with Gasteiger partial charge in [0.15, 0.2) is 0 Å². The minimum atomic E-state index is 0.0553. The Morgan fingerprint density at radius 3 is 2.77 bits per heavy atom. The molecule has 4 nitrogen and oxygen atoms in total.